The van der Waals surface area contributed by atoms with Crippen molar-refractivity contribution in [2.45, 2.75) is 64.5 Å². The molecule has 0 saturated heterocycles. The molecule has 0 saturated carbocycles. The lowest BCUT2D eigenvalue weighted by molar-refractivity contribution is -0.107. The molecular weight excluding hydrogens is 416 g/mol. The van der Waals surface area contributed by atoms with Crippen LogP contribution in [0.4, 0.5) is 5.69 Å². The summed E-state index contributed by atoms with van der Waals surface area (Å²) in [6.07, 6.45) is 6.44. The largest absolute Gasteiger partial charge is 0.493 e. The van der Waals surface area contributed by atoms with E-state index in [-0.39, 0.29) is 18.1 Å². The van der Waals surface area contributed by atoms with E-state index in [1.807, 2.05) is 36.4 Å². The molecule has 0 fully saturated rings. The first-order valence-electron chi connectivity index (χ1n) is 12.0. The van der Waals surface area contributed by atoms with Crippen LogP contribution in [-0.4, -0.2) is 38.0 Å². The van der Waals surface area contributed by atoms with Crippen molar-refractivity contribution >= 4 is 17.9 Å². The Morgan fingerprint density at radius 1 is 1.15 bits per heavy atom. The summed E-state index contributed by atoms with van der Waals surface area (Å²) in [6.45, 7) is 4.80. The van der Waals surface area contributed by atoms with E-state index in [1.165, 1.54) is 5.56 Å². The number of fused-ring (bicyclic) bond motifs is 1. The molecule has 2 aromatic rings. The van der Waals surface area contributed by atoms with Crippen molar-refractivity contribution in [1.82, 2.24) is 5.32 Å². The van der Waals surface area contributed by atoms with E-state index >= 15 is 0 Å². The lowest BCUT2D eigenvalue weighted by Gasteiger charge is -2.33. The van der Waals surface area contributed by atoms with Gasteiger partial charge in [0.1, 0.15) is 12.4 Å². The topological polar surface area (TPSA) is 76.7 Å². The molecule has 1 amide bonds. The number of methoxy groups -OCH3 is 1. The molecule has 3 rings (SSSR count). The first kappa shape index (κ1) is 24.6. The Hall–Kier alpha value is -3.02. The SMILES string of the molecule is CCCC(CCC)C(Nc1ccc(C(=O)NCCC=O)cc1)C1Cc2cccc(OC)c2O1. The van der Waals surface area contributed by atoms with Crippen molar-refractivity contribution in [1.29, 1.82) is 0 Å². The van der Waals surface area contributed by atoms with Gasteiger partial charge in [-0.2, -0.15) is 0 Å². The van der Waals surface area contributed by atoms with Gasteiger partial charge in [0.25, 0.3) is 5.91 Å². The van der Waals surface area contributed by atoms with Crippen molar-refractivity contribution < 1.29 is 19.1 Å². The van der Waals surface area contributed by atoms with Crippen LogP contribution in [0.5, 0.6) is 11.5 Å². The zero-order chi connectivity index (χ0) is 23.6. The minimum absolute atomic E-state index is 0.00529. The maximum absolute atomic E-state index is 12.2. The predicted molar refractivity (Wildman–Crippen MR) is 131 cm³/mol. The summed E-state index contributed by atoms with van der Waals surface area (Å²) < 4.78 is 12.0. The number of hydrogen-bond donors (Lipinski definition) is 2. The molecule has 0 aliphatic carbocycles. The lowest BCUT2D eigenvalue weighted by atomic mass is 9.85. The smallest absolute Gasteiger partial charge is 0.251 e. The maximum Gasteiger partial charge on any atom is 0.251 e. The summed E-state index contributed by atoms with van der Waals surface area (Å²) in [7, 11) is 1.68. The molecule has 1 heterocycles. The van der Waals surface area contributed by atoms with Gasteiger partial charge in [-0.05, 0) is 49.1 Å². The highest BCUT2D eigenvalue weighted by Gasteiger charge is 2.36. The summed E-state index contributed by atoms with van der Waals surface area (Å²) in [5.41, 5.74) is 2.73. The Labute approximate surface area is 197 Å². The van der Waals surface area contributed by atoms with Crippen molar-refractivity contribution in [2.75, 3.05) is 19.0 Å². The first-order chi connectivity index (χ1) is 16.1. The number of carbonyl (C=O) groups excluding carboxylic acids is 2. The van der Waals surface area contributed by atoms with Crippen LogP contribution in [0.1, 0.15) is 61.9 Å². The molecule has 1 aliphatic heterocycles. The minimum Gasteiger partial charge on any atom is -0.493 e. The molecule has 0 bridgehead atoms. The maximum atomic E-state index is 12.2. The average molecular weight is 453 g/mol. The number of benzene rings is 2. The summed E-state index contributed by atoms with van der Waals surface area (Å²) in [5, 5.41) is 6.49. The zero-order valence-electron chi connectivity index (χ0n) is 19.9. The van der Waals surface area contributed by atoms with Gasteiger partial charge in [-0.3, -0.25) is 4.79 Å². The van der Waals surface area contributed by atoms with E-state index in [9.17, 15) is 9.59 Å². The van der Waals surface area contributed by atoms with Gasteiger partial charge < -0.3 is 24.9 Å². The number of aldehydes is 1. The van der Waals surface area contributed by atoms with Crippen LogP contribution in [0.15, 0.2) is 42.5 Å². The summed E-state index contributed by atoms with van der Waals surface area (Å²) in [5.74, 6) is 1.93. The molecule has 6 nitrogen and oxygen atoms in total. The normalized spacial score (nSPS) is 15.5. The minimum atomic E-state index is -0.170. The summed E-state index contributed by atoms with van der Waals surface area (Å²) in [4.78, 5) is 22.7. The van der Waals surface area contributed by atoms with Crippen LogP contribution in [0.2, 0.25) is 0 Å². The number of nitrogens with one attached hydrogen (secondary N) is 2. The molecule has 2 N–H and O–H groups in total. The number of amides is 1. The van der Waals surface area contributed by atoms with Crippen LogP contribution in [-0.2, 0) is 11.2 Å². The second kappa shape index (κ2) is 12.3. The molecule has 0 spiro atoms. The third-order valence-electron chi connectivity index (χ3n) is 6.23. The standard InChI is InChI=1S/C27H36N2O4/c1-4-8-19(9-5-2)25(24-18-21-10-6-11-23(32-3)26(21)33-24)29-22-14-12-20(13-15-22)27(31)28-16-7-17-30/h6,10-15,17,19,24-25,29H,4-5,7-9,16,18H2,1-3H3,(H,28,31). The predicted octanol–water partition coefficient (Wildman–Crippen LogP) is 5.01. The Morgan fingerprint density at radius 3 is 2.52 bits per heavy atom. The molecule has 2 aromatic carbocycles. The van der Waals surface area contributed by atoms with Crippen LogP contribution in [0, 0.1) is 5.92 Å². The monoisotopic (exact) mass is 452 g/mol. The summed E-state index contributed by atoms with van der Waals surface area (Å²) >= 11 is 0. The average Bonchev–Trinajstić information content (AvgIpc) is 3.27. The molecule has 1 aliphatic rings. The Bertz CT molecular complexity index is 907. The Morgan fingerprint density at radius 2 is 1.88 bits per heavy atom. The van der Waals surface area contributed by atoms with Gasteiger partial charge in [0, 0.05) is 36.2 Å². The third-order valence-corrected chi connectivity index (χ3v) is 6.23. The number of carbonyl (C=O) groups is 2. The van der Waals surface area contributed by atoms with Gasteiger partial charge in [0.15, 0.2) is 11.5 Å². The van der Waals surface area contributed by atoms with Gasteiger partial charge >= 0.3 is 0 Å². The summed E-state index contributed by atoms with van der Waals surface area (Å²) in [6, 6.07) is 13.7. The van der Waals surface area contributed by atoms with Gasteiger partial charge in [0.2, 0.25) is 0 Å². The van der Waals surface area contributed by atoms with Crippen LogP contribution in [0.3, 0.4) is 0 Å². The molecule has 33 heavy (non-hydrogen) atoms. The van der Waals surface area contributed by atoms with E-state index in [4.69, 9.17) is 9.47 Å². The highest BCUT2D eigenvalue weighted by Crippen LogP contribution is 2.40. The zero-order valence-corrected chi connectivity index (χ0v) is 19.9. The van der Waals surface area contributed by atoms with E-state index in [0.717, 1.165) is 55.6 Å². The number of para-hydroxylation sites is 1. The van der Waals surface area contributed by atoms with Crippen molar-refractivity contribution in [3.05, 3.63) is 53.6 Å². The van der Waals surface area contributed by atoms with Gasteiger partial charge in [-0.25, -0.2) is 0 Å². The number of rotatable bonds is 13. The number of hydrogen-bond acceptors (Lipinski definition) is 5. The van der Waals surface area contributed by atoms with Gasteiger partial charge in [0.05, 0.1) is 13.2 Å². The third kappa shape index (κ3) is 6.28. The molecule has 6 heteroatoms. The Kier molecular flexibility index (Phi) is 9.16. The highest BCUT2D eigenvalue weighted by atomic mass is 16.5. The van der Waals surface area contributed by atoms with Crippen molar-refractivity contribution in [3.63, 3.8) is 0 Å². The fourth-order valence-corrected chi connectivity index (χ4v) is 4.64. The molecular formula is C27H36N2O4. The number of anilines is 1. The lowest BCUT2D eigenvalue weighted by Crippen LogP contribution is -2.43. The fraction of sp³-hybridized carbons (Fsp3) is 0.481. The van der Waals surface area contributed by atoms with E-state index < -0.39 is 0 Å². The molecule has 178 valence electrons. The quantitative estimate of drug-likeness (QED) is 0.330. The van der Waals surface area contributed by atoms with Crippen molar-refractivity contribution in [2.24, 2.45) is 5.92 Å². The van der Waals surface area contributed by atoms with Crippen LogP contribution < -0.4 is 20.1 Å². The van der Waals surface area contributed by atoms with Gasteiger partial charge in [-0.1, -0.05) is 38.8 Å². The molecule has 2 atom stereocenters. The van der Waals surface area contributed by atoms with E-state index in [2.05, 4.69) is 30.5 Å². The molecule has 0 radical (unpaired) electrons. The second-order valence-electron chi connectivity index (χ2n) is 8.61. The first-order valence-corrected chi connectivity index (χ1v) is 12.0. The van der Waals surface area contributed by atoms with E-state index in [0.29, 0.717) is 24.4 Å². The molecule has 2 unspecified atom stereocenters. The van der Waals surface area contributed by atoms with Crippen LogP contribution in [0.25, 0.3) is 0 Å². The van der Waals surface area contributed by atoms with Crippen molar-refractivity contribution in [3.8, 4) is 11.5 Å². The molecule has 0 aromatic heterocycles. The Balaban J connectivity index is 1.78. The van der Waals surface area contributed by atoms with E-state index in [1.54, 1.807) is 7.11 Å². The van der Waals surface area contributed by atoms with Gasteiger partial charge in [-0.15, -0.1) is 0 Å². The second-order valence-corrected chi connectivity index (χ2v) is 8.61. The fourth-order valence-electron chi connectivity index (χ4n) is 4.64. The number of ether oxygens (including phenoxy) is 2. The van der Waals surface area contributed by atoms with Crippen LogP contribution >= 0.6 is 0 Å². The highest BCUT2D eigenvalue weighted by molar-refractivity contribution is 5.94.